The summed E-state index contributed by atoms with van der Waals surface area (Å²) in [6.45, 7) is 0. The molecule has 0 amide bonds. The number of aromatic nitrogens is 1. The molecule has 0 bridgehead atoms. The van der Waals surface area contributed by atoms with Gasteiger partial charge in [0.05, 0.1) is 22.8 Å². The third kappa shape index (κ3) is 5.26. The van der Waals surface area contributed by atoms with Crippen LogP contribution in [0.2, 0.25) is 0 Å². The average molecular weight is 754 g/mol. The van der Waals surface area contributed by atoms with Gasteiger partial charge in [-0.1, -0.05) is 151 Å². The molecule has 0 saturated carbocycles. The Balaban J connectivity index is 1.04. The molecule has 2 N–H and O–H groups in total. The molecule has 3 aromatic heterocycles. The molecule has 1 aliphatic carbocycles. The van der Waals surface area contributed by atoms with Crippen molar-refractivity contribution < 1.29 is 4.42 Å². The summed E-state index contributed by atoms with van der Waals surface area (Å²) in [7, 11) is 0. The molecule has 10 aromatic rings. The van der Waals surface area contributed by atoms with E-state index in [1.165, 1.54) is 59.0 Å². The summed E-state index contributed by atoms with van der Waals surface area (Å²) in [6, 6.07) is 56.7. The molecule has 2 unspecified atom stereocenters. The zero-order valence-electron chi connectivity index (χ0n) is 31.0. The van der Waals surface area contributed by atoms with Crippen LogP contribution in [0.25, 0.3) is 81.2 Å². The van der Waals surface area contributed by atoms with E-state index in [0.717, 1.165) is 51.6 Å². The minimum Gasteiger partial charge on any atom is -0.624 e. The van der Waals surface area contributed by atoms with Gasteiger partial charge in [0.25, 0.3) is 0 Å². The molecule has 6 heteroatoms. The summed E-state index contributed by atoms with van der Waals surface area (Å²) in [6.07, 6.45) is 6.18. The van der Waals surface area contributed by atoms with Crippen LogP contribution in [-0.2, 0) is 6.42 Å². The molecular weight excluding hydrogens is 717 g/mol. The Kier molecular flexibility index (Phi) is 7.60. The Hall–Kier alpha value is -6.28. The van der Waals surface area contributed by atoms with Crippen LogP contribution >= 0.6 is 11.3 Å². The maximum atomic E-state index is 6.69. The van der Waals surface area contributed by atoms with Crippen LogP contribution in [0.3, 0.4) is 0 Å². The number of nitrogens with zero attached hydrogens (tertiary/aromatic N) is 2. The van der Waals surface area contributed by atoms with Crippen molar-refractivity contribution in [1.82, 2.24) is 15.2 Å². The lowest BCUT2D eigenvalue weighted by Crippen LogP contribution is -2.44. The van der Waals surface area contributed by atoms with E-state index in [1.807, 2.05) is 11.3 Å². The predicted molar refractivity (Wildman–Crippen MR) is 237 cm³/mol. The van der Waals surface area contributed by atoms with E-state index in [4.69, 9.17) is 9.73 Å². The van der Waals surface area contributed by atoms with E-state index in [9.17, 15) is 0 Å². The molecule has 1 saturated heterocycles. The zero-order valence-corrected chi connectivity index (χ0v) is 31.8. The van der Waals surface area contributed by atoms with Gasteiger partial charge in [-0.05, 0) is 72.0 Å². The Morgan fingerprint density at radius 1 is 0.614 bits per heavy atom. The third-order valence-corrected chi connectivity index (χ3v) is 13.1. The van der Waals surface area contributed by atoms with Crippen LogP contribution in [0.1, 0.15) is 52.9 Å². The Morgan fingerprint density at radius 3 is 2.14 bits per heavy atom. The maximum absolute atomic E-state index is 6.69. The molecule has 57 heavy (non-hydrogen) atoms. The molecule has 2 atom stereocenters. The molecule has 5 nitrogen and oxygen atoms in total. The second kappa shape index (κ2) is 13.2. The number of hydrogen-bond acceptors (Lipinski definition) is 4. The van der Waals surface area contributed by atoms with Crippen LogP contribution in [0.5, 0.6) is 0 Å². The van der Waals surface area contributed by atoms with Crippen molar-refractivity contribution in [2.45, 2.75) is 31.3 Å². The highest BCUT2D eigenvalue weighted by Crippen LogP contribution is 2.46. The summed E-state index contributed by atoms with van der Waals surface area (Å²) in [4.78, 5) is 0. The smallest absolute Gasteiger partial charge is 0.137 e. The number of benzene rings is 7. The third-order valence-electron chi connectivity index (χ3n) is 11.9. The van der Waals surface area contributed by atoms with Crippen molar-refractivity contribution in [3.63, 3.8) is 0 Å². The van der Waals surface area contributed by atoms with E-state index in [0.29, 0.717) is 0 Å². The van der Waals surface area contributed by atoms with Gasteiger partial charge in [0, 0.05) is 42.2 Å². The first-order valence-corrected chi connectivity index (χ1v) is 20.6. The number of fused-ring (bicyclic) bond motifs is 9. The van der Waals surface area contributed by atoms with Crippen molar-refractivity contribution in [2.75, 3.05) is 0 Å². The van der Waals surface area contributed by atoms with E-state index in [-0.39, 0.29) is 18.5 Å². The van der Waals surface area contributed by atoms with Crippen molar-refractivity contribution >= 4 is 70.4 Å². The highest BCUT2D eigenvalue weighted by atomic mass is 32.1. The van der Waals surface area contributed by atoms with Gasteiger partial charge in [0.15, 0.2) is 0 Å². The number of nitrogens with one attached hydrogen (secondary N) is 2. The minimum absolute atomic E-state index is 0.135. The van der Waals surface area contributed by atoms with Crippen molar-refractivity contribution in [3.8, 4) is 16.8 Å². The van der Waals surface area contributed by atoms with Crippen molar-refractivity contribution in [3.05, 3.63) is 197 Å². The number of allylic oxidation sites excluding steroid dienone is 1. The highest BCUT2D eigenvalue weighted by Gasteiger charge is 2.26. The average Bonchev–Trinajstić information content (AvgIpc) is 3.96. The highest BCUT2D eigenvalue weighted by molar-refractivity contribution is 7.25. The fourth-order valence-corrected chi connectivity index (χ4v) is 10.5. The minimum atomic E-state index is -0.168. The van der Waals surface area contributed by atoms with Gasteiger partial charge in [-0.3, -0.25) is 0 Å². The lowest BCUT2D eigenvalue weighted by Gasteiger charge is -2.50. The van der Waals surface area contributed by atoms with Gasteiger partial charge in [-0.15, -0.1) is 11.3 Å². The summed E-state index contributed by atoms with van der Waals surface area (Å²) < 4.78 is 11.7. The molecule has 1 fully saturated rings. The molecule has 2 aliphatic rings. The van der Waals surface area contributed by atoms with Crippen molar-refractivity contribution in [1.29, 1.82) is 0 Å². The topological polar surface area (TPSA) is 56.2 Å². The normalized spacial score (nSPS) is 18.3. The second-order valence-corrected chi connectivity index (χ2v) is 16.2. The maximum Gasteiger partial charge on any atom is 0.137 e. The standard InChI is InChI=1S/C51H37N4OS/c1-3-14-31(15-4-1)49-52-50(32-16-5-2-6-17-32)54-51(53-49)37-21-12-27-45-46(37)38-30-33(28-29-44(38)57-45)34-20-11-25-42-47(34)48-41(24-13-26-43(48)56-42)55-39-22-9-7-18-35(39)36-19-8-10-23-40(36)55/h1-9,11-22,24-30,49-51,53-54H,10,23H2/q-1. The first kappa shape index (κ1) is 32.9. The van der Waals surface area contributed by atoms with E-state index in [1.54, 1.807) is 0 Å². The number of para-hydroxylation sites is 1. The van der Waals surface area contributed by atoms with Gasteiger partial charge < -0.3 is 24.9 Å². The fourth-order valence-electron chi connectivity index (χ4n) is 9.40. The Bertz CT molecular complexity index is 3150. The lowest BCUT2D eigenvalue weighted by atomic mass is 9.95. The zero-order chi connectivity index (χ0) is 37.5. The molecule has 7 aromatic carbocycles. The summed E-state index contributed by atoms with van der Waals surface area (Å²) in [5, 5.41) is 19.1. The quantitative estimate of drug-likeness (QED) is 0.184. The number of rotatable bonds is 5. The van der Waals surface area contributed by atoms with Crippen LogP contribution in [0.15, 0.2) is 168 Å². The second-order valence-electron chi connectivity index (χ2n) is 15.2. The molecular formula is C51H37N4OS-. The van der Waals surface area contributed by atoms with Gasteiger partial charge in [-0.25, -0.2) is 0 Å². The lowest BCUT2D eigenvalue weighted by molar-refractivity contribution is 0.318. The largest absolute Gasteiger partial charge is 0.624 e. The van der Waals surface area contributed by atoms with Crippen LogP contribution in [0, 0.1) is 0 Å². The van der Waals surface area contributed by atoms with Crippen LogP contribution < -0.4 is 10.6 Å². The molecule has 12 rings (SSSR count). The van der Waals surface area contributed by atoms with Gasteiger partial charge in [-0.2, -0.15) is 0 Å². The first-order valence-electron chi connectivity index (χ1n) is 19.8. The Morgan fingerprint density at radius 2 is 1.33 bits per heavy atom. The first-order chi connectivity index (χ1) is 28.3. The SMILES string of the molecule is C1=Cc2c(n(-c3cccc4oc5cccc(-c6ccc7sc8cccc(C9NC(c%10ccccc%10)[N-]C(c%10ccccc%10)N9)c8c7c6)c5c34)c3ccccc23)CC1. The van der Waals surface area contributed by atoms with E-state index >= 15 is 0 Å². The molecule has 4 heterocycles. The van der Waals surface area contributed by atoms with E-state index < -0.39 is 0 Å². The predicted octanol–water partition coefficient (Wildman–Crippen LogP) is 13.5. The van der Waals surface area contributed by atoms with E-state index in [2.05, 4.69) is 185 Å². The number of hydrogen-bond donors (Lipinski definition) is 2. The summed E-state index contributed by atoms with van der Waals surface area (Å²) >= 11 is 1.85. The molecule has 0 radical (unpaired) electrons. The van der Waals surface area contributed by atoms with Gasteiger partial charge in [0.2, 0.25) is 0 Å². The molecule has 0 spiro atoms. The van der Waals surface area contributed by atoms with Gasteiger partial charge >= 0.3 is 0 Å². The fraction of sp³-hybridized carbons (Fsp3) is 0.0980. The Labute approximate surface area is 333 Å². The summed E-state index contributed by atoms with van der Waals surface area (Å²) in [5.41, 5.74) is 12.7. The summed E-state index contributed by atoms with van der Waals surface area (Å²) in [5.74, 6) is 0. The number of thiophene rings is 1. The van der Waals surface area contributed by atoms with Crippen LogP contribution in [-0.4, -0.2) is 4.57 Å². The molecule has 274 valence electrons. The van der Waals surface area contributed by atoms with Crippen LogP contribution in [0.4, 0.5) is 0 Å². The number of furan rings is 1. The molecule has 1 aliphatic heterocycles. The monoisotopic (exact) mass is 753 g/mol. The van der Waals surface area contributed by atoms with Gasteiger partial charge in [0.1, 0.15) is 11.2 Å². The van der Waals surface area contributed by atoms with Crippen molar-refractivity contribution in [2.24, 2.45) is 0 Å².